The van der Waals surface area contributed by atoms with Crippen LogP contribution in [-0.4, -0.2) is 0 Å². The standard InChI is InChI=1S/C13H19N3O/c1-2-3-5-8-13(10-11-13)9-6-4-7-12-14-15-16-17/h5-9,12H,2-4,10-11H2,1H3/b8-5?,9-6?,12-7+,15-14?. The largest absolute Gasteiger partial charge is 0.136 e. The van der Waals surface area contributed by atoms with Gasteiger partial charge in [0.05, 0.1) is 0 Å². The van der Waals surface area contributed by atoms with Crippen LogP contribution in [0, 0.1) is 10.3 Å². The van der Waals surface area contributed by atoms with E-state index in [1.54, 1.807) is 0 Å². The van der Waals surface area contributed by atoms with Gasteiger partial charge in [0.15, 0.2) is 0 Å². The van der Waals surface area contributed by atoms with Crippen molar-refractivity contribution in [1.29, 1.82) is 0 Å². The smallest absolute Gasteiger partial charge is 0.100 e. The van der Waals surface area contributed by atoms with Crippen molar-refractivity contribution >= 4 is 0 Å². The van der Waals surface area contributed by atoms with Gasteiger partial charge in [-0.25, -0.2) is 0 Å². The molecule has 0 saturated heterocycles. The van der Waals surface area contributed by atoms with Gasteiger partial charge in [-0.05, 0) is 30.9 Å². The third-order valence-corrected chi connectivity index (χ3v) is 2.71. The number of unbranched alkanes of at least 4 members (excludes halogenated alkanes) is 1. The number of hydrogen-bond donors (Lipinski definition) is 0. The molecule has 4 heteroatoms. The highest BCUT2D eigenvalue weighted by Crippen LogP contribution is 2.48. The summed E-state index contributed by atoms with van der Waals surface area (Å²) in [6.45, 7) is 2.19. The lowest BCUT2D eigenvalue weighted by Crippen LogP contribution is -1.87. The summed E-state index contributed by atoms with van der Waals surface area (Å²) >= 11 is 0. The molecule has 0 unspecified atom stereocenters. The maximum absolute atomic E-state index is 9.59. The first-order chi connectivity index (χ1) is 8.33. The molecule has 17 heavy (non-hydrogen) atoms. The van der Waals surface area contributed by atoms with Gasteiger partial charge in [0.2, 0.25) is 0 Å². The van der Waals surface area contributed by atoms with Crippen LogP contribution < -0.4 is 0 Å². The fraction of sp³-hybridized carbons (Fsp3) is 0.538. The monoisotopic (exact) mass is 233 g/mol. The molecule has 1 saturated carbocycles. The van der Waals surface area contributed by atoms with Gasteiger partial charge < -0.3 is 0 Å². The average molecular weight is 233 g/mol. The minimum Gasteiger partial charge on any atom is -0.136 e. The highest BCUT2D eigenvalue weighted by Gasteiger charge is 2.36. The van der Waals surface area contributed by atoms with Crippen molar-refractivity contribution in [1.82, 2.24) is 0 Å². The van der Waals surface area contributed by atoms with Crippen LogP contribution in [0.1, 0.15) is 39.0 Å². The first-order valence-electron chi connectivity index (χ1n) is 6.06. The Bertz CT molecular complexity index is 339. The lowest BCUT2D eigenvalue weighted by atomic mass is 10.0. The molecule has 0 aromatic carbocycles. The Morgan fingerprint density at radius 1 is 1.18 bits per heavy atom. The van der Waals surface area contributed by atoms with Crippen molar-refractivity contribution in [2.24, 2.45) is 21.0 Å². The predicted octanol–water partition coefficient (Wildman–Crippen LogP) is 4.72. The zero-order valence-corrected chi connectivity index (χ0v) is 10.2. The second kappa shape index (κ2) is 7.65. The van der Waals surface area contributed by atoms with Gasteiger partial charge in [0.1, 0.15) is 5.29 Å². The predicted molar refractivity (Wildman–Crippen MR) is 69.3 cm³/mol. The molecule has 0 heterocycles. The van der Waals surface area contributed by atoms with Crippen LogP contribution in [0.25, 0.3) is 0 Å². The molecule has 0 spiro atoms. The van der Waals surface area contributed by atoms with E-state index in [9.17, 15) is 4.91 Å². The van der Waals surface area contributed by atoms with Crippen LogP contribution in [-0.2, 0) is 0 Å². The minimum atomic E-state index is 0.328. The highest BCUT2D eigenvalue weighted by molar-refractivity contribution is 5.20. The Kier molecular flexibility index (Phi) is 6.07. The summed E-state index contributed by atoms with van der Waals surface area (Å²) < 4.78 is 0. The van der Waals surface area contributed by atoms with Crippen LogP contribution in [0.2, 0.25) is 0 Å². The zero-order valence-electron chi connectivity index (χ0n) is 10.2. The zero-order chi connectivity index (χ0) is 12.4. The van der Waals surface area contributed by atoms with E-state index in [1.807, 2.05) is 6.08 Å². The van der Waals surface area contributed by atoms with Gasteiger partial charge >= 0.3 is 0 Å². The van der Waals surface area contributed by atoms with Crippen molar-refractivity contribution < 1.29 is 0 Å². The minimum absolute atomic E-state index is 0.328. The van der Waals surface area contributed by atoms with Crippen molar-refractivity contribution in [2.75, 3.05) is 0 Å². The third kappa shape index (κ3) is 5.90. The summed E-state index contributed by atoms with van der Waals surface area (Å²) in [5, 5.41) is 8.64. The van der Waals surface area contributed by atoms with Crippen molar-refractivity contribution in [3.63, 3.8) is 0 Å². The molecule has 0 radical (unpaired) electrons. The van der Waals surface area contributed by atoms with Crippen LogP contribution in [0.4, 0.5) is 0 Å². The molecule has 0 aromatic rings. The van der Waals surface area contributed by atoms with E-state index < -0.39 is 0 Å². The summed E-state index contributed by atoms with van der Waals surface area (Å²) in [6.07, 6.45) is 18.0. The number of nitroso groups, excluding NO2 is 1. The molecule has 0 aromatic heterocycles. The Morgan fingerprint density at radius 3 is 2.59 bits per heavy atom. The van der Waals surface area contributed by atoms with E-state index in [0.717, 1.165) is 12.8 Å². The lowest BCUT2D eigenvalue weighted by molar-refractivity contribution is 0.835. The molecule has 0 N–H and O–H groups in total. The van der Waals surface area contributed by atoms with Gasteiger partial charge in [-0.3, -0.25) is 0 Å². The lowest BCUT2D eigenvalue weighted by Gasteiger charge is -2.00. The molecular weight excluding hydrogens is 214 g/mol. The SMILES string of the molecule is CCCC=CC1(C=CC/C=C/N=NN=O)CC1. The highest BCUT2D eigenvalue weighted by atomic mass is 16.3. The van der Waals surface area contributed by atoms with Crippen LogP contribution in [0.3, 0.4) is 0 Å². The van der Waals surface area contributed by atoms with Gasteiger partial charge in [0.25, 0.3) is 0 Å². The van der Waals surface area contributed by atoms with E-state index in [-0.39, 0.29) is 0 Å². The van der Waals surface area contributed by atoms with E-state index in [0.29, 0.717) is 5.41 Å². The van der Waals surface area contributed by atoms with Crippen molar-refractivity contribution in [2.45, 2.75) is 39.0 Å². The number of hydrogen-bond acceptors (Lipinski definition) is 2. The second-order valence-electron chi connectivity index (χ2n) is 4.23. The molecule has 0 amide bonds. The van der Waals surface area contributed by atoms with E-state index in [2.05, 4.69) is 46.9 Å². The van der Waals surface area contributed by atoms with Crippen LogP contribution >= 0.6 is 0 Å². The van der Waals surface area contributed by atoms with Gasteiger partial charge in [0, 0.05) is 11.6 Å². The summed E-state index contributed by atoms with van der Waals surface area (Å²) in [5.74, 6) is 0. The quantitative estimate of drug-likeness (QED) is 0.259. The molecule has 0 atom stereocenters. The number of allylic oxidation sites excluding steroid dienone is 5. The Labute approximate surface area is 102 Å². The Hall–Kier alpha value is -1.58. The molecule has 92 valence electrons. The molecule has 1 aliphatic carbocycles. The Morgan fingerprint density at radius 2 is 1.94 bits per heavy atom. The third-order valence-electron chi connectivity index (χ3n) is 2.71. The molecule has 1 fully saturated rings. The van der Waals surface area contributed by atoms with E-state index in [4.69, 9.17) is 0 Å². The average Bonchev–Trinajstić information content (AvgIpc) is 3.09. The first-order valence-corrected chi connectivity index (χ1v) is 6.06. The molecular formula is C13H19N3O. The number of rotatable bonds is 8. The molecule has 1 aliphatic rings. The van der Waals surface area contributed by atoms with Gasteiger partial charge in [-0.1, -0.05) is 43.7 Å². The molecule has 4 nitrogen and oxygen atoms in total. The van der Waals surface area contributed by atoms with Crippen molar-refractivity contribution in [3.8, 4) is 0 Å². The van der Waals surface area contributed by atoms with Crippen LogP contribution in [0.15, 0.2) is 52.2 Å². The van der Waals surface area contributed by atoms with Crippen molar-refractivity contribution in [3.05, 3.63) is 41.5 Å². The first kappa shape index (κ1) is 13.5. The van der Waals surface area contributed by atoms with E-state index in [1.165, 1.54) is 25.5 Å². The van der Waals surface area contributed by atoms with Gasteiger partial charge in [-0.15, -0.1) is 10.0 Å². The molecule has 1 rings (SSSR count). The van der Waals surface area contributed by atoms with Gasteiger partial charge in [-0.2, -0.15) is 0 Å². The topological polar surface area (TPSA) is 54.1 Å². The second-order valence-corrected chi connectivity index (χ2v) is 4.23. The fourth-order valence-corrected chi connectivity index (χ4v) is 1.56. The normalized spacial score (nSPS) is 18.9. The summed E-state index contributed by atoms with van der Waals surface area (Å²) in [6, 6.07) is 0. The van der Waals surface area contributed by atoms with E-state index >= 15 is 0 Å². The summed E-state index contributed by atoms with van der Waals surface area (Å²) in [5.41, 5.74) is 0.328. The maximum Gasteiger partial charge on any atom is 0.100 e. The summed E-state index contributed by atoms with van der Waals surface area (Å²) in [4.78, 5) is 9.59. The maximum atomic E-state index is 9.59. The fourth-order valence-electron chi connectivity index (χ4n) is 1.56. The number of nitrogens with zero attached hydrogens (tertiary/aromatic N) is 3. The molecule has 0 aliphatic heterocycles. The molecule has 0 bridgehead atoms. The Balaban J connectivity index is 2.26. The van der Waals surface area contributed by atoms with Crippen LogP contribution in [0.5, 0.6) is 0 Å². The summed E-state index contributed by atoms with van der Waals surface area (Å²) in [7, 11) is 0.